The Bertz CT molecular complexity index is 419. The van der Waals surface area contributed by atoms with E-state index in [2.05, 4.69) is 0 Å². The Balaban J connectivity index is 2.96. The average Bonchev–Trinajstić information content (AvgIpc) is 2.42. The molecule has 1 aromatic rings. The second-order valence-electron chi connectivity index (χ2n) is 4.02. The third-order valence-electron chi connectivity index (χ3n) is 2.35. The predicted molar refractivity (Wildman–Crippen MR) is 68.3 cm³/mol. The minimum atomic E-state index is -3.01. The molecule has 1 aromatic carbocycles. The number of halogens is 2. The van der Waals surface area contributed by atoms with Crippen molar-refractivity contribution in [1.82, 2.24) is 0 Å². The van der Waals surface area contributed by atoms with Gasteiger partial charge in [0.2, 0.25) is 5.78 Å². The molecule has 0 N–H and O–H groups in total. The summed E-state index contributed by atoms with van der Waals surface area (Å²) in [6, 6.07) is 4.14. The molecule has 0 aliphatic carbocycles. The Morgan fingerprint density at radius 3 is 2.21 bits per heavy atom. The van der Waals surface area contributed by atoms with Gasteiger partial charge in [-0.15, -0.1) is 0 Å². The number of Topliss-reactive ketones (excluding diaryl/α,β-unsaturated/α-hetero) is 1. The minimum Gasteiger partial charge on any atom is -0.490 e. The highest BCUT2D eigenvalue weighted by atomic mass is 19.3. The van der Waals surface area contributed by atoms with E-state index in [0.29, 0.717) is 24.7 Å². The zero-order valence-corrected chi connectivity index (χ0v) is 11.1. The van der Waals surface area contributed by atoms with E-state index in [1.165, 1.54) is 18.2 Å². The van der Waals surface area contributed by atoms with Gasteiger partial charge in [-0.1, -0.05) is 13.8 Å². The van der Waals surface area contributed by atoms with Gasteiger partial charge in [0, 0.05) is 5.56 Å². The number of alkyl halides is 2. The van der Waals surface area contributed by atoms with Crippen LogP contribution in [0.3, 0.4) is 0 Å². The van der Waals surface area contributed by atoms with Crippen LogP contribution in [-0.2, 0) is 0 Å². The molecule has 19 heavy (non-hydrogen) atoms. The van der Waals surface area contributed by atoms with E-state index in [0.717, 1.165) is 12.8 Å². The summed E-state index contributed by atoms with van der Waals surface area (Å²) in [4.78, 5) is 11.2. The molecule has 0 fully saturated rings. The monoisotopic (exact) mass is 272 g/mol. The van der Waals surface area contributed by atoms with Crippen molar-refractivity contribution < 1.29 is 23.0 Å². The summed E-state index contributed by atoms with van der Waals surface area (Å²) in [7, 11) is 0. The van der Waals surface area contributed by atoms with Crippen molar-refractivity contribution >= 4 is 5.78 Å². The molecule has 0 aromatic heterocycles. The molecule has 5 heteroatoms. The zero-order valence-electron chi connectivity index (χ0n) is 11.1. The number of rotatable bonds is 8. The van der Waals surface area contributed by atoms with Crippen LogP contribution in [0.15, 0.2) is 18.2 Å². The van der Waals surface area contributed by atoms with Crippen LogP contribution in [0.4, 0.5) is 8.78 Å². The zero-order chi connectivity index (χ0) is 14.3. The van der Waals surface area contributed by atoms with Crippen molar-refractivity contribution in [3.8, 4) is 11.5 Å². The Morgan fingerprint density at radius 1 is 1.11 bits per heavy atom. The van der Waals surface area contributed by atoms with Crippen LogP contribution in [0.2, 0.25) is 0 Å². The molecule has 0 aliphatic heterocycles. The van der Waals surface area contributed by atoms with Gasteiger partial charge in [-0.05, 0) is 31.0 Å². The van der Waals surface area contributed by atoms with Gasteiger partial charge in [0.1, 0.15) is 0 Å². The van der Waals surface area contributed by atoms with Gasteiger partial charge in [-0.2, -0.15) is 0 Å². The first-order chi connectivity index (χ1) is 9.10. The van der Waals surface area contributed by atoms with E-state index in [9.17, 15) is 13.6 Å². The first kappa shape index (κ1) is 15.4. The van der Waals surface area contributed by atoms with Crippen molar-refractivity contribution in [2.45, 2.75) is 33.1 Å². The van der Waals surface area contributed by atoms with Crippen molar-refractivity contribution in [1.29, 1.82) is 0 Å². The van der Waals surface area contributed by atoms with Gasteiger partial charge in [-0.3, -0.25) is 4.79 Å². The Morgan fingerprint density at radius 2 is 1.68 bits per heavy atom. The Labute approximate surface area is 111 Å². The maximum atomic E-state index is 12.4. The van der Waals surface area contributed by atoms with Crippen molar-refractivity contribution in [2.24, 2.45) is 0 Å². The molecule has 0 spiro atoms. The third-order valence-corrected chi connectivity index (χ3v) is 2.35. The molecular weight excluding hydrogens is 254 g/mol. The fraction of sp³-hybridized carbons (Fsp3) is 0.500. The van der Waals surface area contributed by atoms with E-state index in [1.54, 1.807) is 0 Å². The summed E-state index contributed by atoms with van der Waals surface area (Å²) < 4.78 is 35.6. The summed E-state index contributed by atoms with van der Waals surface area (Å²) in [5.41, 5.74) is -0.0649. The van der Waals surface area contributed by atoms with Gasteiger partial charge in [-0.25, -0.2) is 8.78 Å². The lowest BCUT2D eigenvalue weighted by atomic mass is 10.1. The van der Waals surface area contributed by atoms with E-state index in [4.69, 9.17) is 9.47 Å². The predicted octanol–water partition coefficient (Wildman–Crippen LogP) is 3.71. The highest BCUT2D eigenvalue weighted by Gasteiger charge is 2.19. The molecule has 0 unspecified atom stereocenters. The number of carbonyl (C=O) groups excluding carboxylic acids is 1. The van der Waals surface area contributed by atoms with Crippen LogP contribution in [-0.4, -0.2) is 25.4 Å². The molecular formula is C14H18F2O3. The number of hydrogen-bond acceptors (Lipinski definition) is 3. The second-order valence-corrected chi connectivity index (χ2v) is 4.02. The quantitative estimate of drug-likeness (QED) is 0.677. The molecule has 1 rings (SSSR count). The number of carbonyl (C=O) groups is 1. The maximum absolute atomic E-state index is 12.4. The van der Waals surface area contributed by atoms with E-state index >= 15 is 0 Å². The maximum Gasteiger partial charge on any atom is 0.300 e. The molecule has 0 atom stereocenters. The first-order valence-electron chi connectivity index (χ1n) is 6.32. The Hall–Kier alpha value is -1.65. The average molecular weight is 272 g/mol. The topological polar surface area (TPSA) is 35.5 Å². The van der Waals surface area contributed by atoms with Crippen molar-refractivity contribution in [3.05, 3.63) is 23.8 Å². The lowest BCUT2D eigenvalue weighted by Crippen LogP contribution is -2.11. The van der Waals surface area contributed by atoms with Crippen LogP contribution in [0, 0.1) is 0 Å². The summed E-state index contributed by atoms with van der Waals surface area (Å²) in [6.07, 6.45) is -1.41. The third kappa shape index (κ3) is 4.50. The van der Waals surface area contributed by atoms with Gasteiger partial charge in [0.15, 0.2) is 11.5 Å². The summed E-state index contributed by atoms with van der Waals surface area (Å²) in [5, 5.41) is 0. The molecule has 0 amide bonds. The van der Waals surface area contributed by atoms with Crippen LogP contribution in [0.5, 0.6) is 11.5 Å². The van der Waals surface area contributed by atoms with Gasteiger partial charge in [0.25, 0.3) is 0 Å². The number of ether oxygens (including phenoxy) is 2. The molecule has 0 heterocycles. The summed E-state index contributed by atoms with van der Waals surface area (Å²) >= 11 is 0. The van der Waals surface area contributed by atoms with E-state index in [1.807, 2.05) is 13.8 Å². The van der Waals surface area contributed by atoms with Crippen molar-refractivity contribution in [2.75, 3.05) is 13.2 Å². The van der Waals surface area contributed by atoms with Crippen molar-refractivity contribution in [3.63, 3.8) is 0 Å². The van der Waals surface area contributed by atoms with Gasteiger partial charge in [0.05, 0.1) is 13.2 Å². The SMILES string of the molecule is CCCOc1ccc(C(=O)C(F)F)cc1OCCC. The molecule has 0 saturated carbocycles. The van der Waals surface area contributed by atoms with Crippen LogP contribution < -0.4 is 9.47 Å². The number of ketones is 1. The molecule has 3 nitrogen and oxygen atoms in total. The first-order valence-corrected chi connectivity index (χ1v) is 6.32. The standard InChI is InChI=1S/C14H18F2O3/c1-3-7-18-11-6-5-10(13(17)14(15)16)9-12(11)19-8-4-2/h5-6,9,14H,3-4,7-8H2,1-2H3. The summed E-state index contributed by atoms with van der Waals surface area (Å²) in [6.45, 7) is 4.83. The number of hydrogen-bond donors (Lipinski definition) is 0. The number of benzene rings is 1. The fourth-order valence-corrected chi connectivity index (χ4v) is 1.44. The van der Waals surface area contributed by atoms with Crippen LogP contribution in [0.25, 0.3) is 0 Å². The van der Waals surface area contributed by atoms with Crippen LogP contribution in [0.1, 0.15) is 37.0 Å². The van der Waals surface area contributed by atoms with Gasteiger partial charge >= 0.3 is 6.43 Å². The minimum absolute atomic E-state index is 0.0649. The molecule has 0 saturated heterocycles. The second kappa shape index (κ2) is 7.71. The molecule has 0 aliphatic rings. The summed E-state index contributed by atoms with van der Waals surface area (Å²) in [5.74, 6) is -0.397. The molecule has 0 bridgehead atoms. The van der Waals surface area contributed by atoms with Crippen LogP contribution >= 0.6 is 0 Å². The normalized spacial score (nSPS) is 10.6. The molecule has 0 radical (unpaired) electrons. The molecule has 106 valence electrons. The largest absolute Gasteiger partial charge is 0.490 e. The van der Waals surface area contributed by atoms with E-state index < -0.39 is 12.2 Å². The van der Waals surface area contributed by atoms with E-state index in [-0.39, 0.29) is 5.56 Å². The highest BCUT2D eigenvalue weighted by molar-refractivity contribution is 5.99. The fourth-order valence-electron chi connectivity index (χ4n) is 1.44. The highest BCUT2D eigenvalue weighted by Crippen LogP contribution is 2.29. The smallest absolute Gasteiger partial charge is 0.300 e. The Kier molecular flexibility index (Phi) is 6.25. The lowest BCUT2D eigenvalue weighted by Gasteiger charge is -2.13. The van der Waals surface area contributed by atoms with Gasteiger partial charge < -0.3 is 9.47 Å². The lowest BCUT2D eigenvalue weighted by molar-refractivity contribution is 0.0678.